The van der Waals surface area contributed by atoms with E-state index in [1.807, 2.05) is 26.0 Å². The molecular weight excluding hydrogens is 316 g/mol. The molecule has 4 heteroatoms. The lowest BCUT2D eigenvalue weighted by atomic mass is 9.84. The molecule has 0 aliphatic heterocycles. The van der Waals surface area contributed by atoms with Crippen LogP contribution in [0, 0.1) is 5.92 Å². The summed E-state index contributed by atoms with van der Waals surface area (Å²) in [6.45, 7) is 6.38. The second-order valence-corrected chi connectivity index (χ2v) is 6.94. The zero-order valence-corrected chi connectivity index (χ0v) is 15.8. The van der Waals surface area contributed by atoms with Crippen molar-refractivity contribution in [2.45, 2.75) is 71.5 Å². The Morgan fingerprint density at radius 1 is 1.08 bits per heavy atom. The maximum atomic E-state index is 11.7. The van der Waals surface area contributed by atoms with Gasteiger partial charge in [-0.2, -0.15) is 0 Å². The highest BCUT2D eigenvalue weighted by molar-refractivity contribution is 5.71. The summed E-state index contributed by atoms with van der Waals surface area (Å²) in [5.74, 6) is 1.26. The van der Waals surface area contributed by atoms with E-state index in [9.17, 15) is 4.79 Å². The van der Waals surface area contributed by atoms with E-state index in [1.54, 1.807) is 6.92 Å². The molecule has 1 fully saturated rings. The van der Waals surface area contributed by atoms with Crippen LogP contribution in [0.5, 0.6) is 5.75 Å². The Kier molecular flexibility index (Phi) is 8.26. The number of esters is 1. The predicted octanol–water partition coefficient (Wildman–Crippen LogP) is 5.07. The third-order valence-corrected chi connectivity index (χ3v) is 4.96. The van der Waals surface area contributed by atoms with E-state index < -0.39 is 6.29 Å². The first-order valence-corrected chi connectivity index (χ1v) is 9.65. The van der Waals surface area contributed by atoms with Crippen molar-refractivity contribution in [3.05, 3.63) is 29.8 Å². The fourth-order valence-corrected chi connectivity index (χ4v) is 3.13. The summed E-state index contributed by atoms with van der Waals surface area (Å²) in [7, 11) is 0. The Morgan fingerprint density at radius 2 is 1.76 bits per heavy atom. The smallest absolute Gasteiger partial charge is 0.310 e. The van der Waals surface area contributed by atoms with Crippen LogP contribution in [0.25, 0.3) is 0 Å². The molecule has 0 N–H and O–H groups in total. The molecule has 2 rings (SSSR count). The summed E-state index contributed by atoms with van der Waals surface area (Å²) < 4.78 is 16.4. The molecular formula is C21H32O4. The first kappa shape index (κ1) is 19.8. The lowest BCUT2D eigenvalue weighted by molar-refractivity contribution is -0.180. The van der Waals surface area contributed by atoms with E-state index in [-0.39, 0.29) is 11.9 Å². The minimum atomic E-state index is -0.543. The lowest BCUT2D eigenvalue weighted by Gasteiger charge is -2.22. The molecule has 1 aromatic rings. The van der Waals surface area contributed by atoms with Crippen molar-refractivity contribution in [1.82, 2.24) is 0 Å². The van der Waals surface area contributed by atoms with Crippen LogP contribution in [0.4, 0.5) is 0 Å². The molecule has 4 nitrogen and oxygen atoms in total. The highest BCUT2D eigenvalue weighted by Gasteiger charge is 2.16. The molecule has 0 spiro atoms. The third-order valence-electron chi connectivity index (χ3n) is 4.96. The summed E-state index contributed by atoms with van der Waals surface area (Å²) in [5, 5.41) is 0. The lowest BCUT2D eigenvalue weighted by Crippen LogP contribution is -2.24. The number of rotatable bonds is 9. The number of ether oxygens (including phenoxy) is 3. The first-order valence-electron chi connectivity index (χ1n) is 9.65. The van der Waals surface area contributed by atoms with E-state index in [4.69, 9.17) is 14.2 Å². The SMILES string of the molecule is CCC(C)C(=O)OC(C)OCCOc1ccc(C2CCCCC2)cc1. The van der Waals surface area contributed by atoms with E-state index in [0.29, 0.717) is 19.1 Å². The molecule has 0 radical (unpaired) electrons. The van der Waals surface area contributed by atoms with Crippen LogP contribution in [0.3, 0.4) is 0 Å². The average Bonchev–Trinajstić information content (AvgIpc) is 2.65. The van der Waals surface area contributed by atoms with Gasteiger partial charge >= 0.3 is 5.97 Å². The molecule has 0 heterocycles. The van der Waals surface area contributed by atoms with Gasteiger partial charge in [-0.15, -0.1) is 0 Å². The minimum Gasteiger partial charge on any atom is -0.491 e. The number of hydrogen-bond donors (Lipinski definition) is 0. The summed E-state index contributed by atoms with van der Waals surface area (Å²) in [4.78, 5) is 11.7. The van der Waals surface area contributed by atoms with Gasteiger partial charge in [0.2, 0.25) is 0 Å². The fraction of sp³-hybridized carbons (Fsp3) is 0.667. The van der Waals surface area contributed by atoms with Crippen LogP contribution in [-0.4, -0.2) is 25.5 Å². The second-order valence-electron chi connectivity index (χ2n) is 6.94. The van der Waals surface area contributed by atoms with Crippen LogP contribution in [-0.2, 0) is 14.3 Å². The summed E-state index contributed by atoms with van der Waals surface area (Å²) >= 11 is 0. The maximum Gasteiger partial charge on any atom is 0.310 e. The van der Waals surface area contributed by atoms with Gasteiger partial charge in [-0.1, -0.05) is 45.2 Å². The molecule has 1 aliphatic carbocycles. The van der Waals surface area contributed by atoms with Crippen LogP contribution in [0.2, 0.25) is 0 Å². The Labute approximate surface area is 151 Å². The molecule has 2 unspecified atom stereocenters. The maximum absolute atomic E-state index is 11.7. The number of carbonyl (C=O) groups excluding carboxylic acids is 1. The van der Waals surface area contributed by atoms with Crippen molar-refractivity contribution in [2.75, 3.05) is 13.2 Å². The molecule has 25 heavy (non-hydrogen) atoms. The normalized spacial score (nSPS) is 17.7. The number of benzene rings is 1. The van der Waals surface area contributed by atoms with E-state index in [0.717, 1.165) is 12.2 Å². The van der Waals surface area contributed by atoms with Crippen molar-refractivity contribution < 1.29 is 19.0 Å². The molecule has 1 aliphatic rings. The Hall–Kier alpha value is -1.55. The molecule has 0 saturated heterocycles. The zero-order valence-electron chi connectivity index (χ0n) is 15.8. The molecule has 0 amide bonds. The number of carbonyl (C=O) groups is 1. The van der Waals surface area contributed by atoms with Gasteiger partial charge < -0.3 is 14.2 Å². The zero-order chi connectivity index (χ0) is 18.1. The summed E-state index contributed by atoms with van der Waals surface area (Å²) in [6.07, 6.45) is 6.91. The van der Waals surface area contributed by atoms with Gasteiger partial charge in [-0.25, -0.2) is 0 Å². The first-order chi connectivity index (χ1) is 12.1. The Morgan fingerprint density at radius 3 is 2.40 bits per heavy atom. The highest BCUT2D eigenvalue weighted by atomic mass is 16.7. The molecule has 1 aromatic carbocycles. The standard InChI is InChI=1S/C21H32O4/c1-4-16(2)21(22)25-17(3)23-14-15-24-20-12-10-19(11-13-20)18-8-6-5-7-9-18/h10-13,16-18H,4-9,14-15H2,1-3H3. The number of hydrogen-bond acceptors (Lipinski definition) is 4. The average molecular weight is 348 g/mol. The van der Waals surface area contributed by atoms with Crippen LogP contribution in [0.15, 0.2) is 24.3 Å². The fourth-order valence-electron chi connectivity index (χ4n) is 3.13. The van der Waals surface area contributed by atoms with Gasteiger partial charge in [-0.05, 0) is 49.8 Å². The highest BCUT2D eigenvalue weighted by Crippen LogP contribution is 2.33. The van der Waals surface area contributed by atoms with Crippen molar-refractivity contribution in [1.29, 1.82) is 0 Å². The summed E-state index contributed by atoms with van der Waals surface area (Å²) in [6, 6.07) is 8.44. The Bertz CT molecular complexity index is 505. The van der Waals surface area contributed by atoms with Gasteiger partial charge in [0.15, 0.2) is 6.29 Å². The molecule has 0 aromatic heterocycles. The van der Waals surface area contributed by atoms with E-state index in [2.05, 4.69) is 12.1 Å². The summed E-state index contributed by atoms with van der Waals surface area (Å²) in [5.41, 5.74) is 1.42. The van der Waals surface area contributed by atoms with Crippen molar-refractivity contribution in [3.8, 4) is 5.75 Å². The molecule has 2 atom stereocenters. The van der Waals surface area contributed by atoms with Crippen molar-refractivity contribution in [3.63, 3.8) is 0 Å². The molecule has 140 valence electrons. The largest absolute Gasteiger partial charge is 0.491 e. The monoisotopic (exact) mass is 348 g/mol. The van der Waals surface area contributed by atoms with Crippen LogP contribution < -0.4 is 4.74 Å². The molecule has 1 saturated carbocycles. The Balaban J connectivity index is 1.65. The van der Waals surface area contributed by atoms with Crippen molar-refractivity contribution >= 4 is 5.97 Å². The van der Waals surface area contributed by atoms with Gasteiger partial charge in [0.25, 0.3) is 0 Å². The van der Waals surface area contributed by atoms with Crippen LogP contribution in [0.1, 0.15) is 70.8 Å². The topological polar surface area (TPSA) is 44.8 Å². The third kappa shape index (κ3) is 6.69. The van der Waals surface area contributed by atoms with Gasteiger partial charge in [0.05, 0.1) is 12.5 Å². The minimum absolute atomic E-state index is 0.0926. The predicted molar refractivity (Wildman–Crippen MR) is 98.7 cm³/mol. The van der Waals surface area contributed by atoms with E-state index >= 15 is 0 Å². The molecule has 0 bridgehead atoms. The van der Waals surface area contributed by atoms with Crippen LogP contribution >= 0.6 is 0 Å². The van der Waals surface area contributed by atoms with Gasteiger partial charge in [0, 0.05) is 0 Å². The van der Waals surface area contributed by atoms with E-state index in [1.165, 1.54) is 37.7 Å². The van der Waals surface area contributed by atoms with Crippen molar-refractivity contribution in [2.24, 2.45) is 5.92 Å². The second kappa shape index (κ2) is 10.4. The van der Waals surface area contributed by atoms with Gasteiger partial charge in [-0.3, -0.25) is 4.79 Å². The van der Waals surface area contributed by atoms with Gasteiger partial charge in [0.1, 0.15) is 12.4 Å². The quantitative estimate of drug-likeness (QED) is 0.355.